The van der Waals surface area contributed by atoms with E-state index in [1.807, 2.05) is 12.1 Å². The van der Waals surface area contributed by atoms with E-state index in [4.69, 9.17) is 15.2 Å². The fourth-order valence-corrected chi connectivity index (χ4v) is 1.83. The third-order valence-electron chi connectivity index (χ3n) is 3.09. The molecule has 0 aliphatic carbocycles. The van der Waals surface area contributed by atoms with Crippen molar-refractivity contribution >= 4 is 0 Å². The molecule has 4 heteroatoms. The maximum absolute atomic E-state index is 5.90. The number of hydrogen-bond donors (Lipinski definition) is 1. The average molecular weight is 236 g/mol. The monoisotopic (exact) mass is 236 g/mol. The molecule has 17 heavy (non-hydrogen) atoms. The molecule has 0 spiro atoms. The second kappa shape index (κ2) is 5.98. The number of hydrogen-bond acceptors (Lipinski definition) is 4. The molecular weight excluding hydrogens is 216 g/mol. The summed E-state index contributed by atoms with van der Waals surface area (Å²) in [6.07, 6.45) is 3.74. The summed E-state index contributed by atoms with van der Waals surface area (Å²) in [7, 11) is 0. The molecule has 1 aliphatic heterocycles. The van der Waals surface area contributed by atoms with Crippen LogP contribution in [0.25, 0.3) is 0 Å². The van der Waals surface area contributed by atoms with Gasteiger partial charge in [0.25, 0.3) is 0 Å². The van der Waals surface area contributed by atoms with E-state index in [9.17, 15) is 0 Å². The molecule has 1 fully saturated rings. The van der Waals surface area contributed by atoms with Crippen LogP contribution in [0.15, 0.2) is 18.3 Å². The van der Waals surface area contributed by atoms with Gasteiger partial charge in [0, 0.05) is 18.6 Å². The summed E-state index contributed by atoms with van der Waals surface area (Å²) in [5, 5.41) is 0. The molecular formula is C13H20N2O2. The summed E-state index contributed by atoms with van der Waals surface area (Å²) in [4.78, 5) is 4.31. The minimum atomic E-state index is 0.0206. The average Bonchev–Trinajstić information content (AvgIpc) is 2.89. The van der Waals surface area contributed by atoms with E-state index in [-0.39, 0.29) is 6.04 Å². The van der Waals surface area contributed by atoms with Gasteiger partial charge in [-0.15, -0.1) is 0 Å². The Morgan fingerprint density at radius 2 is 2.47 bits per heavy atom. The van der Waals surface area contributed by atoms with E-state index >= 15 is 0 Å². The third-order valence-corrected chi connectivity index (χ3v) is 3.09. The highest BCUT2D eigenvalue weighted by atomic mass is 16.5. The summed E-state index contributed by atoms with van der Waals surface area (Å²) >= 11 is 0. The van der Waals surface area contributed by atoms with Gasteiger partial charge in [0.05, 0.1) is 25.1 Å². The number of nitrogens with two attached hydrogens (primary N) is 1. The lowest BCUT2D eigenvalue weighted by Gasteiger charge is -2.11. The van der Waals surface area contributed by atoms with E-state index in [0.29, 0.717) is 12.5 Å². The first-order valence-electron chi connectivity index (χ1n) is 6.21. The van der Waals surface area contributed by atoms with Crippen molar-refractivity contribution in [2.45, 2.75) is 25.8 Å². The summed E-state index contributed by atoms with van der Waals surface area (Å²) in [6.45, 7) is 4.43. The van der Waals surface area contributed by atoms with Crippen LogP contribution in [0, 0.1) is 5.92 Å². The molecule has 0 amide bonds. The first-order chi connectivity index (χ1) is 8.29. The van der Waals surface area contributed by atoms with Crippen LogP contribution in [0.3, 0.4) is 0 Å². The predicted octanol–water partition coefficient (Wildman–Crippen LogP) is 1.91. The van der Waals surface area contributed by atoms with Crippen LogP contribution in [-0.4, -0.2) is 24.8 Å². The van der Waals surface area contributed by atoms with Crippen molar-refractivity contribution in [3.05, 3.63) is 24.0 Å². The summed E-state index contributed by atoms with van der Waals surface area (Å²) in [6, 6.07) is 3.90. The van der Waals surface area contributed by atoms with Crippen LogP contribution >= 0.6 is 0 Å². The van der Waals surface area contributed by atoms with Gasteiger partial charge in [-0.25, -0.2) is 0 Å². The molecule has 2 N–H and O–H groups in total. The highest BCUT2D eigenvalue weighted by Gasteiger charge is 2.16. The van der Waals surface area contributed by atoms with Crippen molar-refractivity contribution in [2.24, 2.45) is 11.7 Å². The van der Waals surface area contributed by atoms with E-state index in [1.165, 1.54) is 0 Å². The molecule has 0 bridgehead atoms. The van der Waals surface area contributed by atoms with Crippen LogP contribution in [0.1, 0.15) is 31.5 Å². The summed E-state index contributed by atoms with van der Waals surface area (Å²) < 4.78 is 11.0. The van der Waals surface area contributed by atoms with E-state index < -0.39 is 0 Å². The Morgan fingerprint density at radius 3 is 3.06 bits per heavy atom. The van der Waals surface area contributed by atoms with Crippen molar-refractivity contribution in [3.8, 4) is 5.75 Å². The van der Waals surface area contributed by atoms with E-state index in [2.05, 4.69) is 11.9 Å². The number of pyridine rings is 1. The zero-order chi connectivity index (χ0) is 12.1. The predicted molar refractivity (Wildman–Crippen MR) is 65.9 cm³/mol. The molecule has 0 aromatic carbocycles. The van der Waals surface area contributed by atoms with Gasteiger partial charge in [0.2, 0.25) is 0 Å². The summed E-state index contributed by atoms with van der Waals surface area (Å²) in [5.41, 5.74) is 6.82. The fourth-order valence-electron chi connectivity index (χ4n) is 1.83. The van der Waals surface area contributed by atoms with Crippen molar-refractivity contribution in [2.75, 3.05) is 19.8 Å². The Hall–Kier alpha value is -1.13. The first-order valence-corrected chi connectivity index (χ1v) is 6.21. The van der Waals surface area contributed by atoms with E-state index in [0.717, 1.165) is 37.5 Å². The largest absolute Gasteiger partial charge is 0.492 e. The van der Waals surface area contributed by atoms with Crippen molar-refractivity contribution in [1.82, 2.24) is 4.98 Å². The second-order valence-electron chi connectivity index (χ2n) is 4.47. The van der Waals surface area contributed by atoms with Gasteiger partial charge < -0.3 is 15.2 Å². The van der Waals surface area contributed by atoms with Gasteiger partial charge in [-0.05, 0) is 25.0 Å². The molecule has 1 aromatic heterocycles. The lowest BCUT2D eigenvalue weighted by molar-refractivity contribution is 0.167. The maximum atomic E-state index is 5.90. The molecule has 1 unspecified atom stereocenters. The topological polar surface area (TPSA) is 57.4 Å². The quantitative estimate of drug-likeness (QED) is 0.848. The van der Waals surface area contributed by atoms with E-state index in [1.54, 1.807) is 6.20 Å². The number of nitrogens with zero attached hydrogens (tertiary/aromatic N) is 1. The number of rotatable bonds is 5. The SMILES string of the molecule is CC[C@@H](N)c1ccc(OCC2CCOC2)cn1. The Balaban J connectivity index is 1.84. The molecule has 4 nitrogen and oxygen atoms in total. The molecule has 1 saturated heterocycles. The Kier molecular flexibility index (Phi) is 4.34. The lowest BCUT2D eigenvalue weighted by Crippen LogP contribution is -2.13. The smallest absolute Gasteiger partial charge is 0.137 e. The maximum Gasteiger partial charge on any atom is 0.137 e. The zero-order valence-corrected chi connectivity index (χ0v) is 10.3. The van der Waals surface area contributed by atoms with Crippen LogP contribution in [0.2, 0.25) is 0 Å². The summed E-state index contributed by atoms with van der Waals surface area (Å²) in [5.74, 6) is 1.33. The van der Waals surface area contributed by atoms with Crippen molar-refractivity contribution in [3.63, 3.8) is 0 Å². The first kappa shape index (κ1) is 12.3. The minimum Gasteiger partial charge on any atom is -0.492 e. The van der Waals surface area contributed by atoms with Gasteiger partial charge in [0.15, 0.2) is 0 Å². The van der Waals surface area contributed by atoms with Crippen LogP contribution in [0.5, 0.6) is 5.75 Å². The molecule has 0 radical (unpaired) electrons. The molecule has 1 aliphatic rings. The second-order valence-corrected chi connectivity index (χ2v) is 4.47. The normalized spacial score (nSPS) is 21.4. The highest BCUT2D eigenvalue weighted by molar-refractivity contribution is 5.21. The standard InChI is InChI=1S/C13H20N2O2/c1-2-12(14)13-4-3-11(7-15-13)17-9-10-5-6-16-8-10/h3-4,7,10,12H,2,5-6,8-9,14H2,1H3/t10?,12-/m1/s1. The van der Waals surface area contributed by atoms with Crippen molar-refractivity contribution in [1.29, 1.82) is 0 Å². The van der Waals surface area contributed by atoms with Gasteiger partial charge in [0.1, 0.15) is 5.75 Å². The minimum absolute atomic E-state index is 0.0206. The lowest BCUT2D eigenvalue weighted by atomic mass is 10.1. The van der Waals surface area contributed by atoms with Gasteiger partial charge in [-0.2, -0.15) is 0 Å². The molecule has 0 saturated carbocycles. The van der Waals surface area contributed by atoms with Crippen LogP contribution in [0.4, 0.5) is 0 Å². The van der Waals surface area contributed by atoms with Crippen LogP contribution in [-0.2, 0) is 4.74 Å². The molecule has 2 atom stereocenters. The fraction of sp³-hybridized carbons (Fsp3) is 0.615. The molecule has 1 aromatic rings. The Labute approximate surface area is 102 Å². The van der Waals surface area contributed by atoms with Crippen LogP contribution < -0.4 is 10.5 Å². The van der Waals surface area contributed by atoms with Gasteiger partial charge in [-0.3, -0.25) is 4.98 Å². The zero-order valence-electron chi connectivity index (χ0n) is 10.3. The highest BCUT2D eigenvalue weighted by Crippen LogP contribution is 2.18. The van der Waals surface area contributed by atoms with Gasteiger partial charge in [-0.1, -0.05) is 6.92 Å². The molecule has 2 rings (SSSR count). The molecule has 2 heterocycles. The Morgan fingerprint density at radius 1 is 1.59 bits per heavy atom. The van der Waals surface area contributed by atoms with Gasteiger partial charge >= 0.3 is 0 Å². The molecule has 94 valence electrons. The number of aromatic nitrogens is 1. The number of ether oxygens (including phenoxy) is 2. The third kappa shape index (κ3) is 3.41. The Bertz CT molecular complexity index is 334. The van der Waals surface area contributed by atoms with Crippen molar-refractivity contribution < 1.29 is 9.47 Å².